The minimum absolute atomic E-state index is 0.711. The zero-order valence-corrected chi connectivity index (χ0v) is 6.83. The third-order valence-corrected chi connectivity index (χ3v) is 2.35. The molecule has 0 N–H and O–H groups in total. The molecule has 0 fully saturated rings. The van der Waals surface area contributed by atoms with Gasteiger partial charge in [-0.1, -0.05) is 11.6 Å². The molecule has 0 bridgehead atoms. The molecule has 1 rings (SSSR count). The highest BCUT2D eigenvalue weighted by Crippen LogP contribution is 2.22. The maximum atomic E-state index is 5.79. The van der Waals surface area contributed by atoms with Crippen molar-refractivity contribution >= 4 is 23.4 Å². The summed E-state index contributed by atoms with van der Waals surface area (Å²) in [5.41, 5.74) is 0. The third kappa shape index (κ3) is 1.22. The van der Waals surface area contributed by atoms with E-state index in [1.165, 1.54) is 0 Å². The van der Waals surface area contributed by atoms with Crippen molar-refractivity contribution in [3.63, 3.8) is 0 Å². The molecule has 0 saturated carbocycles. The molecule has 0 unspecified atom stereocenters. The smallest absolute Gasteiger partial charge is 0.140 e. The van der Waals surface area contributed by atoms with Crippen LogP contribution in [0.2, 0.25) is 5.15 Å². The average molecular weight is 163 g/mol. The first-order chi connectivity index (χ1) is 4.25. The van der Waals surface area contributed by atoms with Crippen molar-refractivity contribution in [1.29, 1.82) is 0 Å². The predicted molar refractivity (Wildman–Crippen MR) is 40.0 cm³/mol. The lowest BCUT2D eigenvalue weighted by atomic mass is 10.7. The Morgan fingerprint density at radius 3 is 2.67 bits per heavy atom. The molecule has 1 aromatic rings. The second-order valence-electron chi connectivity index (χ2n) is 1.63. The summed E-state index contributed by atoms with van der Waals surface area (Å²) >= 11 is 7.39. The van der Waals surface area contributed by atoms with E-state index in [1.807, 2.05) is 13.3 Å². The standard InChI is InChI=1S/C5H7ClN2S/c1-8-5(6)4(9-2)3-7-8/h3H,1-2H3. The molecule has 0 aliphatic carbocycles. The van der Waals surface area contributed by atoms with Crippen LogP contribution in [0.25, 0.3) is 0 Å². The number of rotatable bonds is 1. The molecule has 0 spiro atoms. The van der Waals surface area contributed by atoms with Gasteiger partial charge < -0.3 is 0 Å². The van der Waals surface area contributed by atoms with Gasteiger partial charge in [-0.05, 0) is 6.26 Å². The first-order valence-electron chi connectivity index (χ1n) is 2.47. The summed E-state index contributed by atoms with van der Waals surface area (Å²) in [6, 6.07) is 0. The van der Waals surface area contributed by atoms with E-state index < -0.39 is 0 Å². The van der Waals surface area contributed by atoms with Gasteiger partial charge in [0, 0.05) is 7.05 Å². The highest BCUT2D eigenvalue weighted by atomic mass is 35.5. The average Bonchev–Trinajstić information content (AvgIpc) is 2.15. The van der Waals surface area contributed by atoms with Crippen molar-refractivity contribution in [2.45, 2.75) is 4.90 Å². The van der Waals surface area contributed by atoms with Gasteiger partial charge in [-0.25, -0.2) is 0 Å². The van der Waals surface area contributed by atoms with Crippen molar-refractivity contribution in [3.05, 3.63) is 11.3 Å². The van der Waals surface area contributed by atoms with Crippen LogP contribution in [-0.2, 0) is 7.05 Å². The van der Waals surface area contributed by atoms with Crippen molar-refractivity contribution < 1.29 is 0 Å². The Morgan fingerprint density at radius 1 is 1.78 bits per heavy atom. The number of thioether (sulfide) groups is 1. The number of hydrogen-bond acceptors (Lipinski definition) is 2. The molecular formula is C5H7ClN2S. The molecule has 0 aliphatic heterocycles. The highest BCUT2D eigenvalue weighted by Gasteiger charge is 2.01. The predicted octanol–water partition coefficient (Wildman–Crippen LogP) is 1.80. The van der Waals surface area contributed by atoms with E-state index >= 15 is 0 Å². The normalized spacial score (nSPS) is 10.1. The largest absolute Gasteiger partial charge is 0.256 e. The first kappa shape index (κ1) is 6.96. The van der Waals surface area contributed by atoms with Crippen LogP contribution in [-0.4, -0.2) is 16.0 Å². The second kappa shape index (κ2) is 2.62. The molecule has 0 amide bonds. The van der Waals surface area contributed by atoms with Crippen LogP contribution in [0.3, 0.4) is 0 Å². The zero-order valence-electron chi connectivity index (χ0n) is 5.26. The fourth-order valence-electron chi connectivity index (χ4n) is 0.539. The van der Waals surface area contributed by atoms with Gasteiger partial charge in [0.1, 0.15) is 5.15 Å². The van der Waals surface area contributed by atoms with Gasteiger partial charge in [0.2, 0.25) is 0 Å². The van der Waals surface area contributed by atoms with E-state index in [1.54, 1.807) is 22.6 Å². The molecule has 0 aliphatic rings. The first-order valence-corrected chi connectivity index (χ1v) is 4.07. The summed E-state index contributed by atoms with van der Waals surface area (Å²) in [4.78, 5) is 1.03. The Hall–Kier alpha value is -0.150. The molecule has 0 radical (unpaired) electrons. The molecular weight excluding hydrogens is 156 g/mol. The molecule has 4 heteroatoms. The second-order valence-corrected chi connectivity index (χ2v) is 2.83. The van der Waals surface area contributed by atoms with Crippen LogP contribution in [0.4, 0.5) is 0 Å². The fourth-order valence-corrected chi connectivity index (χ4v) is 1.32. The minimum atomic E-state index is 0.711. The Balaban J connectivity index is 3.04. The van der Waals surface area contributed by atoms with Crippen LogP contribution in [0.15, 0.2) is 11.1 Å². The molecule has 1 heterocycles. The van der Waals surface area contributed by atoms with Gasteiger partial charge in [-0.2, -0.15) is 5.10 Å². The maximum absolute atomic E-state index is 5.79. The summed E-state index contributed by atoms with van der Waals surface area (Å²) in [7, 11) is 1.82. The summed E-state index contributed by atoms with van der Waals surface area (Å²) in [5, 5.41) is 4.66. The van der Waals surface area contributed by atoms with Crippen LogP contribution < -0.4 is 0 Å². The quantitative estimate of drug-likeness (QED) is 0.586. The fraction of sp³-hybridized carbons (Fsp3) is 0.400. The van der Waals surface area contributed by atoms with Crippen molar-refractivity contribution in [1.82, 2.24) is 9.78 Å². The Morgan fingerprint density at radius 2 is 2.44 bits per heavy atom. The molecule has 0 atom stereocenters. The van der Waals surface area contributed by atoms with E-state index in [2.05, 4.69) is 5.10 Å². The Labute approximate surface area is 63.2 Å². The van der Waals surface area contributed by atoms with Crippen LogP contribution in [0.1, 0.15) is 0 Å². The maximum Gasteiger partial charge on any atom is 0.140 e. The van der Waals surface area contributed by atoms with Gasteiger partial charge in [0.05, 0.1) is 11.1 Å². The van der Waals surface area contributed by atoms with Crippen molar-refractivity contribution in [2.24, 2.45) is 7.05 Å². The molecule has 0 saturated heterocycles. The minimum Gasteiger partial charge on any atom is -0.256 e. The summed E-state index contributed by atoms with van der Waals surface area (Å²) in [6.45, 7) is 0. The number of halogens is 1. The van der Waals surface area contributed by atoms with E-state index in [-0.39, 0.29) is 0 Å². The van der Waals surface area contributed by atoms with Gasteiger partial charge >= 0.3 is 0 Å². The molecule has 9 heavy (non-hydrogen) atoms. The van der Waals surface area contributed by atoms with Crippen LogP contribution in [0, 0.1) is 0 Å². The monoisotopic (exact) mass is 162 g/mol. The van der Waals surface area contributed by atoms with Gasteiger partial charge in [0.15, 0.2) is 0 Å². The molecule has 2 nitrogen and oxygen atoms in total. The summed E-state index contributed by atoms with van der Waals surface area (Å²) in [5.74, 6) is 0. The van der Waals surface area contributed by atoms with Gasteiger partial charge in [-0.15, -0.1) is 11.8 Å². The lowest BCUT2D eigenvalue weighted by molar-refractivity contribution is 0.767. The molecule has 0 aromatic carbocycles. The Bertz CT molecular complexity index is 209. The van der Waals surface area contributed by atoms with Crippen LogP contribution in [0.5, 0.6) is 0 Å². The topological polar surface area (TPSA) is 17.8 Å². The zero-order chi connectivity index (χ0) is 6.85. The molecule has 1 aromatic heterocycles. The summed E-state index contributed by atoms with van der Waals surface area (Å²) < 4.78 is 1.65. The van der Waals surface area contributed by atoms with E-state index in [9.17, 15) is 0 Å². The Kier molecular flexibility index (Phi) is 2.03. The van der Waals surface area contributed by atoms with Gasteiger partial charge in [0.25, 0.3) is 0 Å². The number of aryl methyl sites for hydroxylation is 1. The SMILES string of the molecule is CSc1cnn(C)c1Cl. The van der Waals surface area contributed by atoms with Crippen molar-refractivity contribution in [3.8, 4) is 0 Å². The number of aromatic nitrogens is 2. The number of nitrogens with zero attached hydrogens (tertiary/aromatic N) is 2. The van der Waals surface area contributed by atoms with E-state index in [0.717, 1.165) is 4.90 Å². The van der Waals surface area contributed by atoms with E-state index in [4.69, 9.17) is 11.6 Å². The lowest BCUT2D eigenvalue weighted by Crippen LogP contribution is -1.87. The van der Waals surface area contributed by atoms with Crippen molar-refractivity contribution in [2.75, 3.05) is 6.26 Å². The highest BCUT2D eigenvalue weighted by molar-refractivity contribution is 7.98. The van der Waals surface area contributed by atoms with Gasteiger partial charge in [-0.3, -0.25) is 4.68 Å². The summed E-state index contributed by atoms with van der Waals surface area (Å²) in [6.07, 6.45) is 3.73. The lowest BCUT2D eigenvalue weighted by Gasteiger charge is -1.90. The molecule has 50 valence electrons. The van der Waals surface area contributed by atoms with Crippen LogP contribution >= 0.6 is 23.4 Å². The number of hydrogen-bond donors (Lipinski definition) is 0. The third-order valence-electron chi connectivity index (χ3n) is 1.06. The van der Waals surface area contributed by atoms with E-state index in [0.29, 0.717) is 5.15 Å².